The monoisotopic (exact) mass is 810 g/mol. The van der Waals surface area contributed by atoms with Crippen molar-refractivity contribution >= 4 is 82.1 Å². The predicted molar refractivity (Wildman–Crippen MR) is 215 cm³/mol. The highest BCUT2D eigenvalue weighted by Crippen LogP contribution is 2.41. The molecule has 57 heavy (non-hydrogen) atoms. The zero-order valence-electron chi connectivity index (χ0n) is 30.2. The van der Waals surface area contributed by atoms with Gasteiger partial charge in [-0.15, -0.1) is 10.2 Å². The molecule has 0 unspecified atom stereocenters. The Morgan fingerprint density at radius 3 is 2.09 bits per heavy atom. The van der Waals surface area contributed by atoms with E-state index in [0.717, 1.165) is 6.07 Å². The van der Waals surface area contributed by atoms with E-state index in [4.69, 9.17) is 9.84 Å². The Bertz CT molecular complexity index is 2750. The van der Waals surface area contributed by atoms with E-state index in [1.165, 1.54) is 31.4 Å². The summed E-state index contributed by atoms with van der Waals surface area (Å²) in [5.74, 6) is 0.327. The molecule has 0 amide bonds. The topological polar surface area (TPSA) is 247 Å². The van der Waals surface area contributed by atoms with Gasteiger partial charge in [-0.25, -0.2) is 13.1 Å². The van der Waals surface area contributed by atoms with Crippen LogP contribution in [0.25, 0.3) is 10.8 Å². The summed E-state index contributed by atoms with van der Waals surface area (Å²) in [5, 5.41) is 45.0. The van der Waals surface area contributed by atoms with Gasteiger partial charge in [-0.2, -0.15) is 18.6 Å². The molecule has 0 saturated heterocycles. The van der Waals surface area contributed by atoms with Crippen LogP contribution in [0, 0.1) is 17.0 Å². The Balaban J connectivity index is 1.22. The molecule has 6 aromatic carbocycles. The van der Waals surface area contributed by atoms with Crippen molar-refractivity contribution in [3.63, 3.8) is 0 Å². The summed E-state index contributed by atoms with van der Waals surface area (Å²) in [6.45, 7) is 1.13. The third kappa shape index (κ3) is 9.43. The number of hydrogen-bond donors (Lipinski definition) is 5. The molecule has 292 valence electrons. The minimum absolute atomic E-state index is 0.0589. The van der Waals surface area contributed by atoms with E-state index in [2.05, 4.69) is 35.8 Å². The van der Waals surface area contributed by atoms with Crippen LogP contribution >= 0.6 is 0 Å². The Labute approximate surface area is 326 Å². The summed E-state index contributed by atoms with van der Waals surface area (Å²) in [6.07, 6.45) is 0. The lowest BCUT2D eigenvalue weighted by Crippen LogP contribution is -2.26. The van der Waals surface area contributed by atoms with E-state index >= 15 is 0 Å². The average molecular weight is 811 g/mol. The molecule has 0 fully saturated rings. The van der Waals surface area contributed by atoms with Crippen LogP contribution in [-0.2, 0) is 20.1 Å². The number of hydrogen-bond acceptors (Lipinski definition) is 14. The minimum atomic E-state index is -4.60. The van der Waals surface area contributed by atoms with E-state index in [1.54, 1.807) is 61.5 Å². The molecule has 6 aromatic rings. The number of para-hydroxylation sites is 1. The van der Waals surface area contributed by atoms with Crippen molar-refractivity contribution < 1.29 is 36.2 Å². The molecule has 0 aliphatic rings. The predicted octanol–water partition coefficient (Wildman–Crippen LogP) is 8.90. The number of nitrogens with one attached hydrogen (secondary N) is 3. The molecule has 0 spiro atoms. The number of anilines is 4. The molecule has 0 bridgehead atoms. The van der Waals surface area contributed by atoms with Crippen LogP contribution < -0.4 is 20.1 Å². The first-order valence-electron chi connectivity index (χ1n) is 16.9. The van der Waals surface area contributed by atoms with E-state index in [9.17, 15) is 31.5 Å². The number of nitrogens with zero attached hydrogens (tertiary/aromatic N) is 5. The van der Waals surface area contributed by atoms with Crippen molar-refractivity contribution in [3.05, 3.63) is 131 Å². The minimum Gasteiger partial charge on any atom is -0.494 e. The van der Waals surface area contributed by atoms with Crippen LogP contribution in [0.4, 0.5) is 51.2 Å². The summed E-state index contributed by atoms with van der Waals surface area (Å²) in [7, 11) is -7.20. The molecule has 17 nitrogen and oxygen atoms in total. The standard InChI is InChI=1S/C38H34N8O9S2/c1-24-21-34(45-43-30-17-18-32(41-25-7-4-3-5-8-25)38-29(30)9-6-10-37(38)57(52,53)54)36(55-2)23-33(24)44-42-27-13-11-26(12-14-27)40-31-16-15-28(22-35(31)46(48)49)56(50,51)39-19-20-47/h3-18,21-23,39-41,47H,19-20H2,1-2H3,(H,52,53,54). The Morgan fingerprint density at radius 2 is 1.40 bits per heavy atom. The Kier molecular flexibility index (Phi) is 12.0. The first-order valence-corrected chi connectivity index (χ1v) is 19.8. The highest BCUT2D eigenvalue weighted by molar-refractivity contribution is 7.89. The van der Waals surface area contributed by atoms with Gasteiger partial charge in [0, 0.05) is 46.5 Å². The number of methoxy groups -OCH3 is 1. The summed E-state index contributed by atoms with van der Waals surface area (Å²) in [5.41, 5.74) is 3.49. The van der Waals surface area contributed by atoms with Gasteiger partial charge >= 0.3 is 0 Å². The average Bonchev–Trinajstić information content (AvgIpc) is 3.19. The van der Waals surface area contributed by atoms with Crippen LogP contribution in [0.5, 0.6) is 5.75 Å². The Morgan fingerprint density at radius 1 is 0.737 bits per heavy atom. The molecule has 0 aliphatic carbocycles. The third-order valence-corrected chi connectivity index (χ3v) is 10.7. The second kappa shape index (κ2) is 17.0. The van der Waals surface area contributed by atoms with Crippen molar-refractivity contribution in [1.29, 1.82) is 0 Å². The smallest absolute Gasteiger partial charge is 0.295 e. The zero-order chi connectivity index (χ0) is 40.7. The number of benzene rings is 6. The van der Waals surface area contributed by atoms with Gasteiger partial charge in [0.05, 0.1) is 40.6 Å². The summed E-state index contributed by atoms with van der Waals surface area (Å²) < 4.78 is 67.4. The SMILES string of the molecule is COc1cc(N=Nc2ccc(Nc3ccc(S(=O)(=O)NCCO)cc3[N+](=O)[O-])cc2)c(C)cc1N=Nc1ccc(Nc2ccccc2)c2c(S(=O)(=O)O)cccc12. The highest BCUT2D eigenvalue weighted by Gasteiger charge is 2.22. The first-order chi connectivity index (χ1) is 27.3. The van der Waals surface area contributed by atoms with Crippen molar-refractivity contribution in [1.82, 2.24) is 4.72 Å². The fraction of sp³-hybridized carbons (Fsp3) is 0.105. The van der Waals surface area contributed by atoms with Gasteiger partial charge in [-0.1, -0.05) is 30.3 Å². The van der Waals surface area contributed by atoms with E-state index in [1.807, 2.05) is 30.3 Å². The zero-order valence-corrected chi connectivity index (χ0v) is 31.8. The molecule has 0 radical (unpaired) electrons. The number of nitro benzene ring substituents is 1. The van der Waals surface area contributed by atoms with Gasteiger partial charge in [0.2, 0.25) is 10.0 Å². The maximum Gasteiger partial charge on any atom is 0.295 e. The number of sulfonamides is 1. The van der Waals surface area contributed by atoms with Gasteiger partial charge in [-0.3, -0.25) is 14.7 Å². The normalized spacial score (nSPS) is 12.0. The number of nitro groups is 1. The Hall–Kier alpha value is -6.64. The molecule has 0 saturated carbocycles. The fourth-order valence-electron chi connectivity index (χ4n) is 5.64. The molecule has 0 atom stereocenters. The lowest BCUT2D eigenvalue weighted by atomic mass is 10.1. The lowest BCUT2D eigenvalue weighted by Gasteiger charge is -2.14. The van der Waals surface area contributed by atoms with Crippen LogP contribution in [0.15, 0.2) is 146 Å². The molecule has 5 N–H and O–H groups in total. The number of rotatable bonds is 15. The third-order valence-electron chi connectivity index (χ3n) is 8.37. The van der Waals surface area contributed by atoms with Gasteiger partial charge in [0.1, 0.15) is 22.0 Å². The number of aryl methyl sites for hydroxylation is 1. The van der Waals surface area contributed by atoms with Crippen molar-refractivity contribution in [2.45, 2.75) is 16.7 Å². The highest BCUT2D eigenvalue weighted by atomic mass is 32.2. The van der Waals surface area contributed by atoms with Gasteiger partial charge in [0.15, 0.2) is 0 Å². The van der Waals surface area contributed by atoms with E-state index < -0.39 is 37.4 Å². The number of fused-ring (bicyclic) bond motifs is 1. The molecular formula is C38H34N8O9S2. The van der Waals surface area contributed by atoms with Gasteiger partial charge in [0.25, 0.3) is 15.8 Å². The van der Waals surface area contributed by atoms with Crippen molar-refractivity contribution in [2.75, 3.05) is 30.9 Å². The quantitative estimate of drug-likeness (QED) is 0.0283. The molecular weight excluding hydrogens is 777 g/mol. The van der Waals surface area contributed by atoms with E-state index in [0.29, 0.717) is 56.5 Å². The maximum atomic E-state index is 12.4. The van der Waals surface area contributed by atoms with Gasteiger partial charge in [-0.05, 0) is 85.3 Å². The first kappa shape index (κ1) is 40.0. The summed E-state index contributed by atoms with van der Waals surface area (Å²) >= 11 is 0. The van der Waals surface area contributed by atoms with Crippen molar-refractivity contribution in [2.24, 2.45) is 20.5 Å². The van der Waals surface area contributed by atoms with Crippen LogP contribution in [0.3, 0.4) is 0 Å². The summed E-state index contributed by atoms with van der Waals surface area (Å²) in [6, 6.07) is 30.2. The second-order valence-corrected chi connectivity index (χ2v) is 15.4. The lowest BCUT2D eigenvalue weighted by molar-refractivity contribution is -0.384. The van der Waals surface area contributed by atoms with Gasteiger partial charge < -0.3 is 20.5 Å². The number of ether oxygens (including phenoxy) is 1. The number of azo groups is 2. The fourth-order valence-corrected chi connectivity index (χ4v) is 7.41. The molecule has 0 heterocycles. The largest absolute Gasteiger partial charge is 0.494 e. The molecule has 19 heteroatoms. The van der Waals surface area contributed by atoms with Crippen LogP contribution in [-0.4, -0.2) is 51.7 Å². The molecule has 0 aliphatic heterocycles. The van der Waals surface area contributed by atoms with E-state index in [-0.39, 0.29) is 27.4 Å². The summed E-state index contributed by atoms with van der Waals surface area (Å²) in [4.78, 5) is 10.4. The van der Waals surface area contributed by atoms with Crippen molar-refractivity contribution in [3.8, 4) is 5.75 Å². The van der Waals surface area contributed by atoms with Crippen LogP contribution in [0.1, 0.15) is 5.56 Å². The maximum absolute atomic E-state index is 12.4. The molecule has 6 rings (SSSR count). The second-order valence-electron chi connectivity index (χ2n) is 12.2. The number of aliphatic hydroxyl groups excluding tert-OH is 1. The van der Waals surface area contributed by atoms with Crippen LogP contribution in [0.2, 0.25) is 0 Å². The number of aliphatic hydroxyl groups is 1. The molecule has 0 aromatic heterocycles.